The number of thiazole rings is 1. The minimum absolute atomic E-state index is 0. The number of nitrogens with two attached hydrogens (primary N) is 1. The summed E-state index contributed by atoms with van der Waals surface area (Å²) in [6, 6.07) is 0.794. The molecule has 0 radical (unpaired) electrons. The van der Waals surface area contributed by atoms with Crippen LogP contribution in [0.4, 0.5) is 0 Å². The Balaban J connectivity index is 0.00000147. The van der Waals surface area contributed by atoms with Crippen LogP contribution in [0.15, 0.2) is 5.38 Å². The van der Waals surface area contributed by atoms with Gasteiger partial charge < -0.3 is 10.6 Å². The maximum Gasteiger partial charge on any atom is 0.273 e. The van der Waals surface area contributed by atoms with Gasteiger partial charge >= 0.3 is 0 Å². The maximum atomic E-state index is 12.7. The molecule has 1 amide bonds. The summed E-state index contributed by atoms with van der Waals surface area (Å²) in [4.78, 5) is 19.1. The van der Waals surface area contributed by atoms with E-state index in [0.717, 1.165) is 17.8 Å². The van der Waals surface area contributed by atoms with E-state index >= 15 is 0 Å². The van der Waals surface area contributed by atoms with Crippen LogP contribution in [0, 0.1) is 5.92 Å². The molecule has 3 rings (SSSR count). The summed E-state index contributed by atoms with van der Waals surface area (Å²) >= 11 is 1.48. The SMILES string of the molecule is CC1CC2CCCCC2N1C(=O)c1csc(CN)n1.Cl. The molecule has 3 atom stereocenters. The van der Waals surface area contributed by atoms with Gasteiger partial charge in [0.2, 0.25) is 0 Å². The number of likely N-dealkylation sites (tertiary alicyclic amines) is 1. The van der Waals surface area contributed by atoms with Crippen molar-refractivity contribution in [1.29, 1.82) is 0 Å². The molecule has 1 saturated carbocycles. The largest absolute Gasteiger partial charge is 0.331 e. The van der Waals surface area contributed by atoms with E-state index in [1.54, 1.807) is 0 Å². The number of fused-ring (bicyclic) bond motifs is 1. The molecule has 4 nitrogen and oxygen atoms in total. The zero-order chi connectivity index (χ0) is 13.4. The normalized spacial score (nSPS) is 28.9. The molecule has 2 N–H and O–H groups in total. The topological polar surface area (TPSA) is 59.2 Å². The molecular weight excluding hydrogens is 294 g/mol. The van der Waals surface area contributed by atoms with Crippen molar-refractivity contribution in [1.82, 2.24) is 9.88 Å². The van der Waals surface area contributed by atoms with Crippen molar-refractivity contribution >= 4 is 29.7 Å². The van der Waals surface area contributed by atoms with Crippen LogP contribution in [-0.4, -0.2) is 27.9 Å². The predicted molar refractivity (Wildman–Crippen MR) is 83.2 cm³/mol. The summed E-state index contributed by atoms with van der Waals surface area (Å²) in [7, 11) is 0. The number of amides is 1. The summed E-state index contributed by atoms with van der Waals surface area (Å²) in [5, 5.41) is 2.70. The van der Waals surface area contributed by atoms with Crippen LogP contribution in [0.1, 0.15) is 54.5 Å². The van der Waals surface area contributed by atoms with Crippen LogP contribution in [0.3, 0.4) is 0 Å². The van der Waals surface area contributed by atoms with Gasteiger partial charge in [0, 0.05) is 24.0 Å². The molecule has 1 saturated heterocycles. The quantitative estimate of drug-likeness (QED) is 0.913. The van der Waals surface area contributed by atoms with Gasteiger partial charge in [-0.05, 0) is 32.1 Å². The Morgan fingerprint density at radius 3 is 2.95 bits per heavy atom. The van der Waals surface area contributed by atoms with Crippen LogP contribution in [0.2, 0.25) is 0 Å². The molecule has 1 aliphatic heterocycles. The van der Waals surface area contributed by atoms with Crippen LogP contribution in [-0.2, 0) is 6.54 Å². The molecule has 0 spiro atoms. The van der Waals surface area contributed by atoms with Crippen LogP contribution in [0.25, 0.3) is 0 Å². The molecule has 6 heteroatoms. The Labute approximate surface area is 130 Å². The van der Waals surface area contributed by atoms with Gasteiger partial charge in [-0.2, -0.15) is 0 Å². The molecule has 2 fully saturated rings. The van der Waals surface area contributed by atoms with Gasteiger partial charge in [-0.25, -0.2) is 4.98 Å². The van der Waals surface area contributed by atoms with Crippen molar-refractivity contribution < 1.29 is 4.79 Å². The van der Waals surface area contributed by atoms with Gasteiger partial charge in [-0.3, -0.25) is 4.79 Å². The highest BCUT2D eigenvalue weighted by Crippen LogP contribution is 2.40. The average molecular weight is 316 g/mol. The van der Waals surface area contributed by atoms with Crippen molar-refractivity contribution in [2.24, 2.45) is 11.7 Å². The van der Waals surface area contributed by atoms with Gasteiger partial charge in [-0.1, -0.05) is 12.8 Å². The highest BCUT2D eigenvalue weighted by molar-refractivity contribution is 7.09. The highest BCUT2D eigenvalue weighted by atomic mass is 35.5. The number of carbonyl (C=O) groups is 1. The third-order valence-electron chi connectivity index (χ3n) is 4.52. The van der Waals surface area contributed by atoms with E-state index in [9.17, 15) is 4.79 Å². The molecule has 2 aliphatic rings. The Kier molecular flexibility index (Phi) is 5.04. The molecule has 3 unspecified atom stereocenters. The third-order valence-corrected chi connectivity index (χ3v) is 5.40. The second kappa shape index (κ2) is 6.41. The standard InChI is InChI=1S/C14H21N3OS.ClH/c1-9-6-10-4-2-3-5-12(10)17(9)14(18)11-8-19-13(7-15)16-11;/h8-10,12H,2-7,15H2,1H3;1H. The second-order valence-electron chi connectivity index (χ2n) is 5.74. The van der Waals surface area contributed by atoms with Crippen molar-refractivity contribution in [3.8, 4) is 0 Å². The first-order valence-electron chi connectivity index (χ1n) is 7.18. The van der Waals surface area contributed by atoms with Gasteiger partial charge in [0.25, 0.3) is 5.91 Å². The van der Waals surface area contributed by atoms with Gasteiger partial charge in [0.05, 0.1) is 0 Å². The Morgan fingerprint density at radius 2 is 2.25 bits per heavy atom. The van der Waals surface area contributed by atoms with E-state index in [-0.39, 0.29) is 18.3 Å². The first-order valence-corrected chi connectivity index (χ1v) is 8.05. The lowest BCUT2D eigenvalue weighted by atomic mass is 9.85. The van der Waals surface area contributed by atoms with Gasteiger partial charge in [0.1, 0.15) is 10.7 Å². The molecular formula is C14H22ClN3OS. The molecule has 1 aromatic rings. The van der Waals surface area contributed by atoms with Crippen LogP contribution >= 0.6 is 23.7 Å². The molecule has 0 aromatic carbocycles. The van der Waals surface area contributed by atoms with E-state index in [1.165, 1.54) is 30.6 Å². The molecule has 0 bridgehead atoms. The lowest BCUT2D eigenvalue weighted by molar-refractivity contribution is 0.0628. The summed E-state index contributed by atoms with van der Waals surface area (Å²) in [6.45, 7) is 2.59. The first-order chi connectivity index (χ1) is 9.20. The summed E-state index contributed by atoms with van der Waals surface area (Å²) < 4.78 is 0. The van der Waals surface area contributed by atoms with E-state index in [2.05, 4.69) is 16.8 Å². The molecule has 1 aromatic heterocycles. The second-order valence-corrected chi connectivity index (χ2v) is 6.68. The van der Waals surface area contributed by atoms with E-state index < -0.39 is 0 Å². The Hall–Kier alpha value is -0.650. The summed E-state index contributed by atoms with van der Waals surface area (Å²) in [6.07, 6.45) is 6.18. The lowest BCUT2D eigenvalue weighted by Gasteiger charge is -2.32. The molecule has 112 valence electrons. The summed E-state index contributed by atoms with van der Waals surface area (Å²) in [5.74, 6) is 0.818. The molecule has 1 aliphatic carbocycles. The zero-order valence-corrected chi connectivity index (χ0v) is 13.4. The predicted octanol–water partition coefficient (Wildman–Crippen LogP) is 2.82. The number of nitrogens with zero attached hydrogens (tertiary/aromatic N) is 2. The zero-order valence-electron chi connectivity index (χ0n) is 11.7. The van der Waals surface area contributed by atoms with Crippen molar-refractivity contribution in [3.05, 3.63) is 16.1 Å². The van der Waals surface area contributed by atoms with E-state index in [4.69, 9.17) is 5.73 Å². The van der Waals surface area contributed by atoms with Crippen molar-refractivity contribution in [2.75, 3.05) is 0 Å². The number of carbonyl (C=O) groups excluding carboxylic acids is 1. The lowest BCUT2D eigenvalue weighted by Crippen LogP contribution is -2.42. The van der Waals surface area contributed by atoms with Crippen molar-refractivity contribution in [2.45, 2.75) is 57.7 Å². The highest BCUT2D eigenvalue weighted by Gasteiger charge is 2.43. The fraction of sp³-hybridized carbons (Fsp3) is 0.714. The van der Waals surface area contributed by atoms with E-state index in [1.807, 2.05) is 5.38 Å². The number of aromatic nitrogens is 1. The number of rotatable bonds is 2. The summed E-state index contributed by atoms with van der Waals surface area (Å²) in [5.41, 5.74) is 6.16. The average Bonchev–Trinajstić information content (AvgIpc) is 3.01. The van der Waals surface area contributed by atoms with Crippen LogP contribution < -0.4 is 5.73 Å². The molecule has 20 heavy (non-hydrogen) atoms. The Morgan fingerprint density at radius 1 is 1.50 bits per heavy atom. The number of hydrogen-bond acceptors (Lipinski definition) is 4. The molecule has 2 heterocycles. The monoisotopic (exact) mass is 315 g/mol. The van der Waals surface area contributed by atoms with E-state index in [0.29, 0.717) is 30.2 Å². The minimum Gasteiger partial charge on any atom is -0.331 e. The number of halogens is 1. The fourth-order valence-corrected chi connectivity index (χ4v) is 4.34. The number of hydrogen-bond donors (Lipinski definition) is 1. The van der Waals surface area contributed by atoms with Gasteiger partial charge in [-0.15, -0.1) is 23.7 Å². The van der Waals surface area contributed by atoms with Gasteiger partial charge in [0.15, 0.2) is 0 Å². The maximum absolute atomic E-state index is 12.7. The fourth-order valence-electron chi connectivity index (χ4n) is 3.69. The first kappa shape index (κ1) is 15.7. The Bertz CT molecular complexity index is 479. The van der Waals surface area contributed by atoms with Crippen molar-refractivity contribution in [3.63, 3.8) is 0 Å². The third kappa shape index (κ3) is 2.71. The van der Waals surface area contributed by atoms with Crippen LogP contribution in [0.5, 0.6) is 0 Å². The smallest absolute Gasteiger partial charge is 0.273 e. The minimum atomic E-state index is 0.